The summed E-state index contributed by atoms with van der Waals surface area (Å²) in [6, 6.07) is 19.4. The molecule has 8 heteroatoms. The van der Waals surface area contributed by atoms with E-state index in [0.717, 1.165) is 16.0 Å². The average molecular weight is 440 g/mol. The number of non-ortho nitro benzene ring substituents is 1. The Bertz CT molecular complexity index is 1370. The van der Waals surface area contributed by atoms with Crippen LogP contribution in [0.4, 0.5) is 11.4 Å². The third-order valence-corrected chi connectivity index (χ3v) is 7.25. The lowest BCUT2D eigenvalue weighted by Gasteiger charge is -2.51. The number of amides is 2. The van der Waals surface area contributed by atoms with Gasteiger partial charge in [-0.1, -0.05) is 54.6 Å². The second-order valence-electron chi connectivity index (χ2n) is 8.56. The van der Waals surface area contributed by atoms with E-state index < -0.39 is 45.9 Å². The molecule has 2 bridgehead atoms. The third kappa shape index (κ3) is 2.17. The number of carbonyl (C=O) groups is 3. The number of anilines is 1. The van der Waals surface area contributed by atoms with E-state index in [1.165, 1.54) is 24.3 Å². The number of hydrogen-bond donors (Lipinski definition) is 1. The van der Waals surface area contributed by atoms with Gasteiger partial charge in [0.25, 0.3) is 5.69 Å². The smallest absolute Gasteiger partial charge is 0.319 e. The van der Waals surface area contributed by atoms with Crippen LogP contribution in [0.2, 0.25) is 0 Å². The third-order valence-electron chi connectivity index (χ3n) is 7.25. The molecular formula is C25H16N2O6. The van der Waals surface area contributed by atoms with E-state index in [9.17, 15) is 29.6 Å². The van der Waals surface area contributed by atoms with Crippen LogP contribution in [0, 0.1) is 22.0 Å². The maximum absolute atomic E-state index is 13.8. The van der Waals surface area contributed by atoms with Gasteiger partial charge in [-0.2, -0.15) is 0 Å². The molecular weight excluding hydrogens is 424 g/mol. The Morgan fingerprint density at radius 2 is 1.52 bits per heavy atom. The number of aliphatic carboxylic acids is 1. The van der Waals surface area contributed by atoms with Crippen molar-refractivity contribution in [2.24, 2.45) is 11.8 Å². The number of rotatable bonds is 3. The Labute approximate surface area is 187 Å². The van der Waals surface area contributed by atoms with Crippen molar-refractivity contribution in [3.63, 3.8) is 0 Å². The van der Waals surface area contributed by atoms with Crippen LogP contribution in [0.15, 0.2) is 72.8 Å². The monoisotopic (exact) mass is 440 g/mol. The number of benzene rings is 3. The minimum absolute atomic E-state index is 0.0710. The number of nitro benzene ring substituents is 1. The molecule has 0 unspecified atom stereocenters. The molecule has 0 spiro atoms. The van der Waals surface area contributed by atoms with Gasteiger partial charge >= 0.3 is 5.97 Å². The number of hydrogen-bond acceptors (Lipinski definition) is 5. The van der Waals surface area contributed by atoms with Gasteiger partial charge in [-0.25, -0.2) is 4.90 Å². The van der Waals surface area contributed by atoms with Gasteiger partial charge in [0.1, 0.15) is 5.41 Å². The average Bonchev–Trinajstić information content (AvgIpc) is 3.09. The largest absolute Gasteiger partial charge is 0.480 e. The molecule has 2 amide bonds. The summed E-state index contributed by atoms with van der Waals surface area (Å²) < 4.78 is 0. The SMILES string of the molecule is O=C1[C@H]2C3c4ccccc4C(C(=O)O)(c4ccccc43)[C@H]2C(=O)N1c1cccc([N+](=O)[O-])c1. The fourth-order valence-electron chi connectivity index (χ4n) is 6.14. The van der Waals surface area contributed by atoms with Gasteiger partial charge in [0.15, 0.2) is 0 Å². The zero-order valence-electron chi connectivity index (χ0n) is 17.0. The van der Waals surface area contributed by atoms with E-state index in [2.05, 4.69) is 0 Å². The van der Waals surface area contributed by atoms with Crippen molar-refractivity contribution in [2.75, 3.05) is 4.90 Å². The number of nitrogens with zero attached hydrogens (tertiary/aromatic N) is 2. The number of nitro groups is 1. The van der Waals surface area contributed by atoms with Crippen LogP contribution in [0.25, 0.3) is 0 Å². The van der Waals surface area contributed by atoms with Crippen molar-refractivity contribution in [1.82, 2.24) is 0 Å². The normalized spacial score (nSPS) is 26.5. The summed E-state index contributed by atoms with van der Waals surface area (Å²) in [4.78, 5) is 52.2. The fourth-order valence-corrected chi connectivity index (χ4v) is 6.14. The second-order valence-corrected chi connectivity index (χ2v) is 8.56. The number of carboxylic acids is 1. The van der Waals surface area contributed by atoms with Gasteiger partial charge in [-0.05, 0) is 28.3 Å². The van der Waals surface area contributed by atoms with E-state index in [0.29, 0.717) is 11.1 Å². The molecule has 3 aromatic carbocycles. The van der Waals surface area contributed by atoms with Gasteiger partial charge < -0.3 is 5.11 Å². The number of carboxylic acid groups (broad SMARTS) is 1. The number of carbonyl (C=O) groups excluding carboxylic acids is 2. The zero-order valence-corrected chi connectivity index (χ0v) is 17.0. The summed E-state index contributed by atoms with van der Waals surface area (Å²) >= 11 is 0. The van der Waals surface area contributed by atoms with Crippen LogP contribution in [-0.2, 0) is 19.8 Å². The first-order chi connectivity index (χ1) is 15.9. The highest BCUT2D eigenvalue weighted by Gasteiger charge is 2.71. The van der Waals surface area contributed by atoms with Crippen LogP contribution >= 0.6 is 0 Å². The Balaban J connectivity index is 1.64. The van der Waals surface area contributed by atoms with Gasteiger partial charge in [0, 0.05) is 18.1 Å². The molecule has 1 aliphatic heterocycles. The van der Waals surface area contributed by atoms with Crippen molar-refractivity contribution in [1.29, 1.82) is 0 Å². The molecule has 8 nitrogen and oxygen atoms in total. The Morgan fingerprint density at radius 3 is 2.09 bits per heavy atom. The molecule has 1 saturated heterocycles. The Morgan fingerprint density at radius 1 is 0.909 bits per heavy atom. The van der Waals surface area contributed by atoms with Crippen molar-refractivity contribution in [3.05, 3.63) is 105 Å². The van der Waals surface area contributed by atoms with Gasteiger partial charge in [-0.3, -0.25) is 24.5 Å². The van der Waals surface area contributed by atoms with Crippen LogP contribution in [0.1, 0.15) is 28.2 Å². The highest BCUT2D eigenvalue weighted by Crippen LogP contribution is 2.64. The topological polar surface area (TPSA) is 118 Å². The van der Waals surface area contributed by atoms with Crippen LogP contribution in [0.3, 0.4) is 0 Å². The highest BCUT2D eigenvalue weighted by atomic mass is 16.6. The maximum Gasteiger partial charge on any atom is 0.319 e. The molecule has 3 aliphatic carbocycles. The molecule has 7 rings (SSSR count). The first-order valence-electron chi connectivity index (χ1n) is 10.4. The van der Waals surface area contributed by atoms with Crippen molar-refractivity contribution in [2.45, 2.75) is 11.3 Å². The number of imide groups is 1. The summed E-state index contributed by atoms with van der Waals surface area (Å²) in [5.74, 6) is -4.94. The van der Waals surface area contributed by atoms with Gasteiger partial charge in [0.2, 0.25) is 11.8 Å². The first-order valence-corrected chi connectivity index (χ1v) is 10.4. The molecule has 0 radical (unpaired) electrons. The lowest BCUT2D eigenvalue weighted by atomic mass is 9.47. The summed E-state index contributed by atoms with van der Waals surface area (Å²) in [6.07, 6.45) is 0. The standard InChI is InChI=1S/C25H16N2O6/c28-22-20-19-15-8-1-3-10-17(15)25(24(30)31,18-11-4-2-9-16(18)19)21(20)23(29)26(22)13-6-5-7-14(12-13)27(32)33/h1-12,19-21H,(H,30,31)/t19?,20-,21+,25?/m0/s1. The van der Waals surface area contributed by atoms with Crippen LogP contribution < -0.4 is 4.90 Å². The van der Waals surface area contributed by atoms with Crippen LogP contribution in [-0.4, -0.2) is 27.8 Å². The summed E-state index contributed by atoms with van der Waals surface area (Å²) in [7, 11) is 0. The predicted molar refractivity (Wildman–Crippen MR) is 116 cm³/mol. The molecule has 1 heterocycles. The van der Waals surface area contributed by atoms with E-state index in [-0.39, 0.29) is 11.4 Å². The van der Waals surface area contributed by atoms with Crippen molar-refractivity contribution in [3.8, 4) is 0 Å². The van der Waals surface area contributed by atoms with E-state index in [1.807, 2.05) is 12.1 Å². The molecule has 1 N–H and O–H groups in total. The predicted octanol–water partition coefficient (Wildman–Crippen LogP) is 3.23. The molecule has 33 heavy (non-hydrogen) atoms. The zero-order chi connectivity index (χ0) is 23.1. The van der Waals surface area contributed by atoms with E-state index in [1.54, 1.807) is 36.4 Å². The quantitative estimate of drug-likeness (QED) is 0.380. The molecule has 0 aromatic heterocycles. The molecule has 162 valence electrons. The second kappa shape index (κ2) is 6.35. The highest BCUT2D eigenvalue weighted by molar-refractivity contribution is 6.25. The minimum Gasteiger partial charge on any atom is -0.480 e. The fraction of sp³-hybridized carbons (Fsp3) is 0.160. The first kappa shape index (κ1) is 19.4. The van der Waals surface area contributed by atoms with E-state index in [4.69, 9.17) is 0 Å². The molecule has 1 fully saturated rings. The van der Waals surface area contributed by atoms with E-state index >= 15 is 0 Å². The maximum atomic E-state index is 13.8. The van der Waals surface area contributed by atoms with Crippen LogP contribution in [0.5, 0.6) is 0 Å². The Kier molecular flexibility index (Phi) is 3.73. The Hall–Kier alpha value is -4.33. The molecule has 2 atom stereocenters. The minimum atomic E-state index is -1.73. The summed E-state index contributed by atoms with van der Waals surface area (Å²) in [5, 5.41) is 21.9. The van der Waals surface area contributed by atoms with Crippen molar-refractivity contribution >= 4 is 29.2 Å². The molecule has 0 saturated carbocycles. The summed E-state index contributed by atoms with van der Waals surface area (Å²) in [5.41, 5.74) is 0.569. The van der Waals surface area contributed by atoms with Gasteiger partial charge in [-0.15, -0.1) is 0 Å². The molecule has 4 aliphatic rings. The molecule has 3 aromatic rings. The summed E-state index contributed by atoms with van der Waals surface area (Å²) in [6.45, 7) is 0. The van der Waals surface area contributed by atoms with Crippen molar-refractivity contribution < 1.29 is 24.4 Å². The lowest BCUT2D eigenvalue weighted by molar-refractivity contribution is -0.384. The lowest BCUT2D eigenvalue weighted by Crippen LogP contribution is -2.57. The van der Waals surface area contributed by atoms with Gasteiger partial charge in [0.05, 0.1) is 22.4 Å².